The molecular weight excluding hydrogens is 834 g/mol. The van der Waals surface area contributed by atoms with Crippen molar-refractivity contribution in [2.75, 3.05) is 61.6 Å². The third-order valence-electron chi connectivity index (χ3n) is 11.1. The van der Waals surface area contributed by atoms with Crippen LogP contribution in [-0.2, 0) is 21.6 Å². The van der Waals surface area contributed by atoms with Crippen molar-refractivity contribution < 1.29 is 55.0 Å². The van der Waals surface area contributed by atoms with E-state index >= 15 is 4.39 Å². The molecule has 0 aliphatic carbocycles. The van der Waals surface area contributed by atoms with Gasteiger partial charge in [-0.05, 0) is 86.1 Å². The molecule has 0 bridgehead atoms. The normalized spacial score (nSPS) is 19.3. The van der Waals surface area contributed by atoms with Gasteiger partial charge < -0.3 is 46.6 Å². The summed E-state index contributed by atoms with van der Waals surface area (Å²) in [5.41, 5.74) is 1.63. The Morgan fingerprint density at radius 2 is 1.66 bits per heavy atom. The molecule has 2 saturated heterocycles. The van der Waals surface area contributed by atoms with Crippen molar-refractivity contribution in [3.63, 3.8) is 0 Å². The van der Waals surface area contributed by atoms with Gasteiger partial charge in [-0.3, -0.25) is 0 Å². The fourth-order valence-electron chi connectivity index (χ4n) is 7.90. The lowest BCUT2D eigenvalue weighted by molar-refractivity contribution is -0.753. The third-order valence-corrected chi connectivity index (χ3v) is 11.8. The van der Waals surface area contributed by atoms with Gasteiger partial charge in [0.25, 0.3) is 6.33 Å². The number of nitrogens with zero attached hydrogens (tertiary/aromatic N) is 8. The molecule has 2 aliphatic heterocycles. The van der Waals surface area contributed by atoms with E-state index in [1.807, 2.05) is 55.5 Å². The summed E-state index contributed by atoms with van der Waals surface area (Å²) in [6.07, 6.45) is 4.23. The first-order valence-electron chi connectivity index (χ1n) is 20.1. The fourth-order valence-corrected chi connectivity index (χ4v) is 8.36. The van der Waals surface area contributed by atoms with Gasteiger partial charge in [0.15, 0.2) is 0 Å². The number of ether oxygens (including phenoxy) is 3. The summed E-state index contributed by atoms with van der Waals surface area (Å²) in [7, 11) is 0. The van der Waals surface area contributed by atoms with Crippen molar-refractivity contribution in [2.24, 2.45) is 5.92 Å². The summed E-state index contributed by atoms with van der Waals surface area (Å²) >= 11 is 0.871. The molecule has 7 rings (SSSR count). The van der Waals surface area contributed by atoms with Crippen LogP contribution in [-0.4, -0.2) is 97.5 Å². The van der Waals surface area contributed by atoms with Crippen LogP contribution in [0.5, 0.6) is 5.75 Å². The topological polar surface area (TPSA) is 153 Å². The zero-order valence-electron chi connectivity index (χ0n) is 34.2. The van der Waals surface area contributed by atoms with Gasteiger partial charge >= 0.3 is 11.0 Å². The molecule has 15 nitrogen and oxygen atoms in total. The van der Waals surface area contributed by atoms with Gasteiger partial charge in [0.1, 0.15) is 35.9 Å². The molecule has 2 fully saturated rings. The average molecular weight is 885 g/mol. The average Bonchev–Trinajstić information content (AvgIpc) is 3.99. The van der Waals surface area contributed by atoms with Crippen molar-refractivity contribution in [3.8, 4) is 11.4 Å². The molecule has 61 heavy (non-hydrogen) atoms. The number of aliphatic hydroxyl groups is 2. The zero-order chi connectivity index (χ0) is 42.4. The molecule has 0 radical (unpaired) electrons. The summed E-state index contributed by atoms with van der Waals surface area (Å²) in [6.45, 7) is 9.10. The van der Waals surface area contributed by atoms with Crippen LogP contribution in [0.25, 0.3) is 5.69 Å². The van der Waals surface area contributed by atoms with Gasteiger partial charge in [0.2, 0.25) is 12.6 Å². The first-order chi connectivity index (χ1) is 29.0. The lowest BCUT2D eigenvalue weighted by atomic mass is 9.87. The predicted octanol–water partition coefficient (Wildman–Crippen LogP) is 1.85. The number of hydrogen-bond donors (Lipinski definition) is 2. The number of benzene rings is 3. The number of carbonyl (C=O) groups is 1. The second-order valence-corrected chi connectivity index (χ2v) is 16.2. The summed E-state index contributed by atoms with van der Waals surface area (Å²) in [6, 6.07) is 18.9. The van der Waals surface area contributed by atoms with E-state index in [0.29, 0.717) is 30.9 Å². The lowest BCUT2D eigenvalue weighted by Gasteiger charge is -2.37. The number of carbonyl (C=O) groups excluding carboxylic acids is 1. The molecule has 2 aromatic heterocycles. The summed E-state index contributed by atoms with van der Waals surface area (Å²) in [4.78, 5) is 29.7. The van der Waals surface area contributed by atoms with Gasteiger partial charge in [-0.25, -0.2) is 27.6 Å². The van der Waals surface area contributed by atoms with E-state index in [2.05, 4.69) is 20.0 Å². The zero-order valence-corrected chi connectivity index (χ0v) is 35.8. The maximum atomic E-state index is 15.4. The smallest absolute Gasteiger partial charge is 0.370 e. The molecule has 0 spiro atoms. The number of hydrogen-bond acceptors (Lipinski definition) is 12. The van der Waals surface area contributed by atoms with Crippen LogP contribution in [0.4, 0.5) is 25.0 Å². The number of aliphatic hydroxyl groups excluding tert-OH is 2. The SMILES string of the molecule is CC[C@@H]([C@H](C)O)n1ncn(-c2ccc(N3CCN(c4ccc(OC[C@@H]5CO[C@@](Cn6c[n+](C(C)OC(=O)SCCO)cn6)(c6ccc(F)cc6F)C5)cc4)CC3)cc2)c1=O.[Cl-]. The van der Waals surface area contributed by atoms with Crippen molar-refractivity contribution in [2.45, 2.75) is 64.1 Å². The maximum absolute atomic E-state index is 15.4. The predicted molar refractivity (Wildman–Crippen MR) is 220 cm³/mol. The van der Waals surface area contributed by atoms with Gasteiger partial charge in [0, 0.05) is 72.9 Å². The van der Waals surface area contributed by atoms with E-state index < -0.39 is 34.9 Å². The molecular formula is C42H51ClF2N8O7S. The highest BCUT2D eigenvalue weighted by molar-refractivity contribution is 8.13. The second kappa shape index (κ2) is 20.2. The highest BCUT2D eigenvalue weighted by Crippen LogP contribution is 2.42. The molecule has 1 unspecified atom stereocenters. The Labute approximate surface area is 362 Å². The van der Waals surface area contributed by atoms with Crippen molar-refractivity contribution >= 4 is 28.4 Å². The monoisotopic (exact) mass is 884 g/mol. The van der Waals surface area contributed by atoms with Gasteiger partial charge in [-0.1, -0.05) is 13.0 Å². The fraction of sp³-hybridized carbons (Fsp3) is 0.452. The molecule has 0 saturated carbocycles. The number of halogens is 3. The van der Waals surface area contributed by atoms with Crippen molar-refractivity contribution in [3.05, 3.63) is 113 Å². The largest absolute Gasteiger partial charge is 1.00 e. The van der Waals surface area contributed by atoms with Crippen LogP contribution >= 0.6 is 11.8 Å². The second-order valence-electron chi connectivity index (χ2n) is 15.2. The van der Waals surface area contributed by atoms with E-state index in [-0.39, 0.29) is 61.1 Å². The van der Waals surface area contributed by atoms with E-state index in [1.54, 1.807) is 29.4 Å². The van der Waals surface area contributed by atoms with Crippen LogP contribution < -0.4 is 37.2 Å². The Morgan fingerprint density at radius 3 is 2.28 bits per heavy atom. The molecule has 3 aromatic carbocycles. The third kappa shape index (κ3) is 10.5. The number of aromatic nitrogens is 6. The summed E-state index contributed by atoms with van der Waals surface area (Å²) < 4.78 is 53.3. The Hall–Kier alpha value is -5.01. The van der Waals surface area contributed by atoms with Crippen LogP contribution in [0.1, 0.15) is 51.4 Å². The van der Waals surface area contributed by atoms with E-state index in [9.17, 15) is 19.1 Å². The van der Waals surface area contributed by atoms with Crippen molar-refractivity contribution in [1.29, 1.82) is 0 Å². The number of thioether (sulfide) groups is 1. The van der Waals surface area contributed by atoms with Gasteiger partial charge in [0.05, 0.1) is 37.7 Å². The molecule has 2 aliphatic rings. The van der Waals surface area contributed by atoms with Crippen LogP contribution in [0, 0.1) is 17.6 Å². The van der Waals surface area contributed by atoms with Crippen LogP contribution in [0.15, 0.2) is 90.5 Å². The quantitative estimate of drug-likeness (QED) is 0.110. The molecule has 0 amide bonds. The minimum atomic E-state index is -1.16. The van der Waals surface area contributed by atoms with Gasteiger partial charge in [-0.2, -0.15) is 9.67 Å². The Morgan fingerprint density at radius 1 is 1.00 bits per heavy atom. The number of rotatable bonds is 16. The number of piperazine rings is 1. The lowest BCUT2D eigenvalue weighted by Crippen LogP contribution is -3.00. The highest BCUT2D eigenvalue weighted by Gasteiger charge is 2.46. The first-order valence-corrected chi connectivity index (χ1v) is 21.1. The number of anilines is 2. The molecule has 4 heterocycles. The van der Waals surface area contributed by atoms with Crippen LogP contribution in [0.3, 0.4) is 0 Å². The molecule has 5 aromatic rings. The van der Waals surface area contributed by atoms with E-state index in [0.717, 1.165) is 55.4 Å². The minimum absolute atomic E-state index is 0. The molecule has 328 valence electrons. The summed E-state index contributed by atoms with van der Waals surface area (Å²) in [5, 5.41) is 27.2. The maximum Gasteiger partial charge on any atom is 0.370 e. The van der Waals surface area contributed by atoms with Crippen molar-refractivity contribution in [1.82, 2.24) is 24.1 Å². The first kappa shape index (κ1) is 45.5. The Balaban J connectivity index is 0.00000622. The molecule has 5 atom stereocenters. The Bertz CT molecular complexity index is 2270. The highest BCUT2D eigenvalue weighted by atomic mass is 35.5. The standard InChI is InChI=1S/C42H51F2N8O7S.ClH/c1-4-39(29(2)54)52-40(55)51(27-46-52)35-8-6-33(7-9-35)47-15-17-48(18-16-47)34-10-12-36(13-11-34)57-23-31-22-42(58-24-31,37-14-5-32(43)21-38(37)44)25-50-28-49(26-45-50)30(3)59-41(56)60-20-19-53;/h5-14,21,26-31,39,53-54H,4,15-20,22-25H2,1-3H3;1H/q+1;/p-1/t29-,30?,31+,39-,42-;/m0./s1. The van der Waals surface area contributed by atoms with E-state index in [4.69, 9.17) is 19.3 Å². The molecule has 19 heteroatoms. The van der Waals surface area contributed by atoms with Crippen LogP contribution in [0.2, 0.25) is 0 Å². The van der Waals surface area contributed by atoms with E-state index in [1.165, 1.54) is 34.0 Å². The minimum Gasteiger partial charge on any atom is -1.00 e. The molecule has 2 N–H and O–H groups in total. The Kier molecular flexibility index (Phi) is 15.1. The van der Waals surface area contributed by atoms with Gasteiger partial charge in [-0.15, -0.1) is 4.68 Å². The summed E-state index contributed by atoms with van der Waals surface area (Å²) in [5.74, 6) is -0.595.